The van der Waals surface area contributed by atoms with Crippen molar-refractivity contribution in [3.8, 4) is 11.5 Å². The van der Waals surface area contributed by atoms with Gasteiger partial charge in [0, 0.05) is 67.1 Å². The van der Waals surface area contributed by atoms with Gasteiger partial charge in [-0.3, -0.25) is 8.42 Å². The van der Waals surface area contributed by atoms with Crippen molar-refractivity contribution in [3.05, 3.63) is 53.6 Å². The summed E-state index contributed by atoms with van der Waals surface area (Å²) < 4.78 is 87.0. The van der Waals surface area contributed by atoms with Crippen LogP contribution in [0.2, 0.25) is 0 Å². The lowest BCUT2D eigenvalue weighted by atomic mass is 9.68. The fourth-order valence-corrected chi connectivity index (χ4v) is 8.92. The van der Waals surface area contributed by atoms with E-state index in [0.29, 0.717) is 24.3 Å². The van der Waals surface area contributed by atoms with Crippen LogP contribution in [0.25, 0.3) is 0 Å². The Morgan fingerprint density at radius 2 is 1.43 bits per heavy atom. The maximum Gasteiger partial charge on any atom is 0.453 e. The van der Waals surface area contributed by atoms with Gasteiger partial charge < -0.3 is 10.2 Å². The van der Waals surface area contributed by atoms with Crippen LogP contribution >= 0.6 is 11.8 Å². The molecule has 3 rings (SSSR count). The second-order valence-electron chi connectivity index (χ2n) is 10.4. The number of halogens is 5. The van der Waals surface area contributed by atoms with Gasteiger partial charge in [0.15, 0.2) is 0 Å². The Hall–Kier alpha value is -1.66. The predicted octanol–water partition coefficient (Wildman–Crippen LogP) is 7.28. The number of rotatable bonds is 14. The normalized spacial score (nSPS) is 21.1. The quantitative estimate of drug-likeness (QED) is 0.170. The molecule has 0 aliphatic carbocycles. The molecule has 224 valence electrons. The second kappa shape index (κ2) is 14.0. The molecule has 4 nitrogen and oxygen atoms in total. The van der Waals surface area contributed by atoms with Crippen LogP contribution in [0.3, 0.4) is 0 Å². The lowest BCUT2D eigenvalue weighted by molar-refractivity contribution is -0.284. The lowest BCUT2D eigenvalue weighted by Crippen LogP contribution is -2.36. The van der Waals surface area contributed by atoms with Crippen molar-refractivity contribution in [3.63, 3.8) is 0 Å². The zero-order chi connectivity index (χ0) is 29.6. The number of alkyl halides is 5. The molecule has 40 heavy (non-hydrogen) atoms. The van der Waals surface area contributed by atoms with Crippen LogP contribution < -0.4 is 0 Å². The molecule has 0 bridgehead atoms. The first-order chi connectivity index (χ1) is 18.7. The van der Waals surface area contributed by atoms with Crippen molar-refractivity contribution >= 4 is 33.4 Å². The molecule has 0 radical (unpaired) electrons. The molecule has 4 atom stereocenters. The standard InChI is InChI=1S/C28H35F5O4S3/c1-26(20-7-9-21(34)10-8-20)19-38-25-18-22(35)11-12-23(25)24(26)6-2-3-14-39(36)16-5-17-40(37)15-4-13-27(29,30)28(31,32)33/h7-12,18,24,34-35H,2-6,13-17,19H2,1H3. The van der Waals surface area contributed by atoms with Gasteiger partial charge in [-0.2, -0.15) is 22.0 Å². The number of thioether (sulfide) groups is 1. The summed E-state index contributed by atoms with van der Waals surface area (Å²) in [4.78, 5) is 1.04. The molecule has 1 aliphatic heterocycles. The molecule has 12 heteroatoms. The van der Waals surface area contributed by atoms with Crippen LogP contribution in [0.15, 0.2) is 47.4 Å². The van der Waals surface area contributed by atoms with E-state index in [0.717, 1.165) is 34.6 Å². The van der Waals surface area contributed by atoms with E-state index >= 15 is 0 Å². The van der Waals surface area contributed by atoms with Gasteiger partial charge in [0.2, 0.25) is 0 Å². The fourth-order valence-electron chi connectivity index (χ4n) is 5.00. The average molecular weight is 627 g/mol. The average Bonchev–Trinajstić information content (AvgIpc) is 2.87. The maximum absolute atomic E-state index is 13.0. The van der Waals surface area contributed by atoms with Gasteiger partial charge in [0.1, 0.15) is 11.5 Å². The van der Waals surface area contributed by atoms with Crippen LogP contribution in [-0.2, 0) is 27.0 Å². The molecule has 0 saturated carbocycles. The Morgan fingerprint density at radius 3 is 2.05 bits per heavy atom. The number of hydrogen-bond acceptors (Lipinski definition) is 5. The number of phenolic OH excluding ortho intramolecular Hbond substituents is 2. The molecule has 1 heterocycles. The highest BCUT2D eigenvalue weighted by atomic mass is 32.2. The molecule has 0 spiro atoms. The number of phenols is 2. The summed E-state index contributed by atoms with van der Waals surface area (Å²) in [5.74, 6) is -2.76. The lowest BCUT2D eigenvalue weighted by Gasteiger charge is -2.43. The molecular weight excluding hydrogens is 591 g/mol. The molecule has 0 aromatic heterocycles. The van der Waals surface area contributed by atoms with E-state index < -0.39 is 46.5 Å². The number of fused-ring (bicyclic) bond motifs is 1. The highest BCUT2D eigenvalue weighted by molar-refractivity contribution is 7.99. The summed E-state index contributed by atoms with van der Waals surface area (Å²) in [6, 6.07) is 12.7. The minimum Gasteiger partial charge on any atom is -0.508 e. The summed E-state index contributed by atoms with van der Waals surface area (Å²) in [7, 11) is -2.68. The smallest absolute Gasteiger partial charge is 0.453 e. The molecule has 1 aliphatic rings. The van der Waals surface area contributed by atoms with E-state index in [9.17, 15) is 40.6 Å². The topological polar surface area (TPSA) is 74.6 Å². The molecular formula is C28H35F5O4S3. The summed E-state index contributed by atoms with van der Waals surface area (Å²) in [5.41, 5.74) is 2.05. The predicted molar refractivity (Wildman–Crippen MR) is 151 cm³/mol. The monoisotopic (exact) mass is 626 g/mol. The second-order valence-corrected chi connectivity index (χ2v) is 14.8. The Morgan fingerprint density at radius 1 is 0.850 bits per heavy atom. The third-order valence-electron chi connectivity index (χ3n) is 7.33. The minimum absolute atomic E-state index is 0.123. The van der Waals surface area contributed by atoms with Crippen LogP contribution in [-0.4, -0.2) is 59.5 Å². The summed E-state index contributed by atoms with van der Waals surface area (Å²) in [6.07, 6.45) is -4.76. The van der Waals surface area contributed by atoms with Gasteiger partial charge in [-0.05, 0) is 67.0 Å². The van der Waals surface area contributed by atoms with Crippen molar-refractivity contribution in [1.29, 1.82) is 0 Å². The van der Waals surface area contributed by atoms with Crippen LogP contribution in [0.5, 0.6) is 11.5 Å². The van der Waals surface area contributed by atoms with E-state index in [1.165, 1.54) is 0 Å². The Kier molecular flexibility index (Phi) is 11.5. The van der Waals surface area contributed by atoms with E-state index in [2.05, 4.69) is 6.92 Å². The molecule has 0 saturated heterocycles. The first kappa shape index (κ1) is 32.8. The highest BCUT2D eigenvalue weighted by Crippen LogP contribution is 2.52. The van der Waals surface area contributed by atoms with Crippen LogP contribution in [0.1, 0.15) is 62.5 Å². The van der Waals surface area contributed by atoms with E-state index in [4.69, 9.17) is 0 Å². The summed E-state index contributed by atoms with van der Waals surface area (Å²) >= 11 is 1.69. The molecule has 0 amide bonds. The zero-order valence-corrected chi connectivity index (χ0v) is 24.7. The van der Waals surface area contributed by atoms with E-state index in [1.807, 2.05) is 18.2 Å². The first-order valence-corrected chi connectivity index (χ1v) is 17.1. The Balaban J connectivity index is 1.46. The molecule has 2 aromatic rings. The van der Waals surface area contributed by atoms with Crippen LogP contribution in [0.4, 0.5) is 22.0 Å². The Labute approximate surface area is 241 Å². The number of aromatic hydroxyl groups is 2. The van der Waals surface area contributed by atoms with Crippen molar-refractivity contribution in [2.24, 2.45) is 0 Å². The summed E-state index contributed by atoms with van der Waals surface area (Å²) in [6.45, 7) is 2.20. The highest BCUT2D eigenvalue weighted by Gasteiger charge is 2.56. The molecule has 0 fully saturated rings. The number of benzene rings is 2. The van der Waals surface area contributed by atoms with Gasteiger partial charge in [-0.25, -0.2) is 0 Å². The molecule has 4 unspecified atom stereocenters. The minimum atomic E-state index is -5.60. The SMILES string of the molecule is CC1(c2ccc(O)cc2)CSc2cc(O)ccc2C1CCCCS(=O)CCCS(=O)CCCC(F)(F)C(F)(F)F. The van der Waals surface area contributed by atoms with Gasteiger partial charge in [0.05, 0.1) is 0 Å². The van der Waals surface area contributed by atoms with E-state index in [-0.39, 0.29) is 34.3 Å². The van der Waals surface area contributed by atoms with Gasteiger partial charge in [-0.1, -0.05) is 31.5 Å². The van der Waals surface area contributed by atoms with E-state index in [1.54, 1.807) is 36.0 Å². The fraction of sp³-hybridized carbons (Fsp3) is 0.571. The molecule has 2 aromatic carbocycles. The van der Waals surface area contributed by atoms with Crippen molar-refractivity contribution in [2.45, 2.75) is 73.8 Å². The van der Waals surface area contributed by atoms with Gasteiger partial charge >= 0.3 is 12.1 Å². The van der Waals surface area contributed by atoms with Crippen LogP contribution in [0, 0.1) is 0 Å². The third kappa shape index (κ3) is 8.67. The largest absolute Gasteiger partial charge is 0.508 e. The first-order valence-electron chi connectivity index (χ1n) is 13.1. The zero-order valence-electron chi connectivity index (χ0n) is 22.2. The van der Waals surface area contributed by atoms with Crippen molar-refractivity contribution in [2.75, 3.05) is 28.8 Å². The Bertz CT molecular complexity index is 1170. The van der Waals surface area contributed by atoms with Gasteiger partial charge in [0.25, 0.3) is 0 Å². The van der Waals surface area contributed by atoms with Crippen molar-refractivity contribution in [1.82, 2.24) is 0 Å². The summed E-state index contributed by atoms with van der Waals surface area (Å²) in [5, 5.41) is 19.7. The number of hydrogen-bond donors (Lipinski definition) is 2. The molecule has 2 N–H and O–H groups in total. The third-order valence-corrected chi connectivity index (χ3v) is 11.7. The van der Waals surface area contributed by atoms with Crippen molar-refractivity contribution < 1.29 is 40.6 Å². The van der Waals surface area contributed by atoms with Gasteiger partial charge in [-0.15, -0.1) is 11.8 Å². The maximum atomic E-state index is 13.0. The number of unbranched alkanes of at least 4 members (excludes halogenated alkanes) is 1.